The molecule has 1 unspecified atom stereocenters. The van der Waals surface area contributed by atoms with Crippen LogP contribution in [0.4, 0.5) is 0 Å². The highest BCUT2D eigenvalue weighted by atomic mass is 79.9. The van der Waals surface area contributed by atoms with Gasteiger partial charge in [-0.05, 0) is 48.8 Å². The smallest absolute Gasteiger partial charge is 0.122 e. The molecule has 1 atom stereocenters. The van der Waals surface area contributed by atoms with Crippen molar-refractivity contribution in [3.63, 3.8) is 0 Å². The lowest BCUT2D eigenvalue weighted by molar-refractivity contribution is 0.288. The van der Waals surface area contributed by atoms with Crippen LogP contribution in [0.3, 0.4) is 0 Å². The monoisotopic (exact) mass is 308 g/mol. The first kappa shape index (κ1) is 12.5. The van der Waals surface area contributed by atoms with Gasteiger partial charge in [-0.2, -0.15) is 0 Å². The normalized spacial score (nSPS) is 22.1. The molecular weight excluding hydrogens is 288 g/mol. The number of fused-ring (bicyclic) bond motifs is 1. The van der Waals surface area contributed by atoms with Gasteiger partial charge >= 0.3 is 0 Å². The fourth-order valence-corrected chi connectivity index (χ4v) is 4.06. The highest BCUT2D eigenvalue weighted by molar-refractivity contribution is 9.09. The predicted octanol–water partition coefficient (Wildman–Crippen LogP) is 5.03. The standard InChI is InChI=1S/C16H21BrO/c17-16(12-5-2-1-3-6-12)14-8-9-15-13(11-14)7-4-10-18-15/h8-9,11-12,16H,1-7,10H2. The largest absolute Gasteiger partial charge is 0.493 e. The number of rotatable bonds is 2. The third-order valence-corrected chi connectivity index (χ3v) is 5.59. The summed E-state index contributed by atoms with van der Waals surface area (Å²) in [4.78, 5) is 0.532. The summed E-state index contributed by atoms with van der Waals surface area (Å²) < 4.78 is 5.69. The van der Waals surface area contributed by atoms with Crippen LogP contribution < -0.4 is 4.74 Å². The fraction of sp³-hybridized carbons (Fsp3) is 0.625. The van der Waals surface area contributed by atoms with E-state index in [4.69, 9.17) is 4.74 Å². The van der Waals surface area contributed by atoms with E-state index in [-0.39, 0.29) is 0 Å². The highest BCUT2D eigenvalue weighted by Gasteiger charge is 2.23. The second-order valence-corrected chi connectivity index (χ2v) is 6.61. The molecule has 98 valence electrons. The molecule has 18 heavy (non-hydrogen) atoms. The SMILES string of the molecule is BrC(c1ccc2c(c1)CCCO2)C1CCCCC1. The molecule has 0 N–H and O–H groups in total. The summed E-state index contributed by atoms with van der Waals surface area (Å²) in [6, 6.07) is 6.78. The van der Waals surface area contributed by atoms with Crippen molar-refractivity contribution in [2.24, 2.45) is 5.92 Å². The predicted molar refractivity (Wildman–Crippen MR) is 78.5 cm³/mol. The Morgan fingerprint density at radius 2 is 1.94 bits per heavy atom. The zero-order valence-electron chi connectivity index (χ0n) is 10.8. The van der Waals surface area contributed by atoms with Crippen molar-refractivity contribution in [1.29, 1.82) is 0 Å². The van der Waals surface area contributed by atoms with E-state index < -0.39 is 0 Å². The zero-order chi connectivity index (χ0) is 12.4. The number of hydrogen-bond donors (Lipinski definition) is 0. The maximum Gasteiger partial charge on any atom is 0.122 e. The van der Waals surface area contributed by atoms with Gasteiger partial charge in [-0.15, -0.1) is 0 Å². The van der Waals surface area contributed by atoms with E-state index in [1.54, 1.807) is 0 Å². The van der Waals surface area contributed by atoms with Crippen LogP contribution in [0.2, 0.25) is 0 Å². The lowest BCUT2D eigenvalue weighted by Gasteiger charge is -2.27. The molecule has 2 aliphatic rings. The highest BCUT2D eigenvalue weighted by Crippen LogP contribution is 2.41. The van der Waals surface area contributed by atoms with Gasteiger partial charge in [0, 0.05) is 4.83 Å². The summed E-state index contributed by atoms with van der Waals surface area (Å²) in [5, 5.41) is 0. The molecule has 1 aromatic carbocycles. The number of hydrogen-bond acceptors (Lipinski definition) is 1. The Hall–Kier alpha value is -0.500. The Kier molecular flexibility index (Phi) is 3.93. The van der Waals surface area contributed by atoms with Gasteiger partial charge in [0.1, 0.15) is 5.75 Å². The number of ether oxygens (including phenoxy) is 1. The average Bonchev–Trinajstić information content (AvgIpc) is 2.47. The topological polar surface area (TPSA) is 9.23 Å². The Bertz CT molecular complexity index is 410. The maximum atomic E-state index is 5.69. The number of benzene rings is 1. The first-order chi connectivity index (χ1) is 8.84. The van der Waals surface area contributed by atoms with Gasteiger partial charge in [0.2, 0.25) is 0 Å². The van der Waals surface area contributed by atoms with Crippen molar-refractivity contribution < 1.29 is 4.74 Å². The first-order valence-corrected chi connectivity index (χ1v) is 8.16. The average molecular weight is 309 g/mol. The lowest BCUT2D eigenvalue weighted by atomic mass is 9.84. The van der Waals surface area contributed by atoms with E-state index in [0.29, 0.717) is 4.83 Å². The zero-order valence-corrected chi connectivity index (χ0v) is 12.4. The van der Waals surface area contributed by atoms with Gasteiger partial charge in [0.05, 0.1) is 6.61 Å². The molecule has 1 saturated carbocycles. The van der Waals surface area contributed by atoms with E-state index in [9.17, 15) is 0 Å². The second-order valence-electron chi connectivity index (χ2n) is 5.62. The molecule has 0 radical (unpaired) electrons. The quantitative estimate of drug-likeness (QED) is 0.696. The summed E-state index contributed by atoms with van der Waals surface area (Å²) >= 11 is 3.93. The molecule has 1 aliphatic heterocycles. The van der Waals surface area contributed by atoms with Crippen LogP contribution in [0.25, 0.3) is 0 Å². The van der Waals surface area contributed by atoms with Gasteiger partial charge < -0.3 is 4.74 Å². The molecule has 3 rings (SSSR count). The fourth-order valence-electron chi connectivity index (χ4n) is 3.25. The van der Waals surface area contributed by atoms with Crippen molar-refractivity contribution in [1.82, 2.24) is 0 Å². The summed E-state index contributed by atoms with van der Waals surface area (Å²) in [5.74, 6) is 1.93. The molecule has 1 aromatic rings. The first-order valence-electron chi connectivity index (χ1n) is 7.24. The van der Waals surface area contributed by atoms with Crippen LogP contribution in [0.15, 0.2) is 18.2 Å². The van der Waals surface area contributed by atoms with Crippen LogP contribution in [-0.4, -0.2) is 6.61 Å². The minimum Gasteiger partial charge on any atom is -0.493 e. The van der Waals surface area contributed by atoms with Gasteiger partial charge in [0.15, 0.2) is 0 Å². The Labute approximate surface area is 118 Å². The number of halogens is 1. The van der Waals surface area contributed by atoms with Gasteiger partial charge in [-0.3, -0.25) is 0 Å². The molecule has 0 aromatic heterocycles. The maximum absolute atomic E-state index is 5.69. The van der Waals surface area contributed by atoms with Gasteiger partial charge in [-0.1, -0.05) is 47.3 Å². The van der Waals surface area contributed by atoms with Crippen LogP contribution in [0.1, 0.15) is 54.5 Å². The van der Waals surface area contributed by atoms with Crippen molar-refractivity contribution in [2.45, 2.75) is 49.8 Å². The van der Waals surface area contributed by atoms with Crippen LogP contribution in [0, 0.1) is 5.92 Å². The van der Waals surface area contributed by atoms with Crippen molar-refractivity contribution in [3.8, 4) is 5.75 Å². The third kappa shape index (κ3) is 2.59. The van der Waals surface area contributed by atoms with E-state index in [1.807, 2.05) is 0 Å². The Morgan fingerprint density at radius 1 is 1.11 bits per heavy atom. The van der Waals surface area contributed by atoms with Crippen LogP contribution in [0.5, 0.6) is 5.75 Å². The van der Waals surface area contributed by atoms with Crippen molar-refractivity contribution in [2.75, 3.05) is 6.61 Å². The van der Waals surface area contributed by atoms with E-state index in [2.05, 4.69) is 34.1 Å². The summed E-state index contributed by atoms with van der Waals surface area (Å²) in [7, 11) is 0. The van der Waals surface area contributed by atoms with E-state index >= 15 is 0 Å². The third-order valence-electron chi connectivity index (χ3n) is 4.31. The molecule has 1 nitrogen and oxygen atoms in total. The second kappa shape index (κ2) is 5.64. The van der Waals surface area contributed by atoms with Crippen LogP contribution in [-0.2, 0) is 6.42 Å². The molecule has 1 aliphatic carbocycles. The molecule has 2 heteroatoms. The van der Waals surface area contributed by atoms with Gasteiger partial charge in [-0.25, -0.2) is 0 Å². The van der Waals surface area contributed by atoms with Gasteiger partial charge in [0.25, 0.3) is 0 Å². The Balaban J connectivity index is 1.78. The van der Waals surface area contributed by atoms with Crippen molar-refractivity contribution >= 4 is 15.9 Å². The minimum absolute atomic E-state index is 0.532. The molecular formula is C16H21BrO. The molecule has 0 saturated heterocycles. The molecule has 0 amide bonds. The molecule has 1 fully saturated rings. The van der Waals surface area contributed by atoms with Crippen LogP contribution >= 0.6 is 15.9 Å². The van der Waals surface area contributed by atoms with Crippen molar-refractivity contribution in [3.05, 3.63) is 29.3 Å². The van der Waals surface area contributed by atoms with E-state index in [0.717, 1.165) is 24.7 Å². The summed E-state index contributed by atoms with van der Waals surface area (Å²) in [6.07, 6.45) is 9.32. The summed E-state index contributed by atoms with van der Waals surface area (Å²) in [5.41, 5.74) is 2.85. The minimum atomic E-state index is 0.532. The van der Waals surface area contributed by atoms with E-state index in [1.165, 1.54) is 49.7 Å². The number of alkyl halides is 1. The lowest BCUT2D eigenvalue weighted by Crippen LogP contribution is -2.13. The number of aryl methyl sites for hydroxylation is 1. The molecule has 0 spiro atoms. The molecule has 0 bridgehead atoms. The summed E-state index contributed by atoms with van der Waals surface area (Å²) in [6.45, 7) is 0.882. The molecule has 1 heterocycles. The Morgan fingerprint density at radius 3 is 2.78 bits per heavy atom.